The van der Waals surface area contributed by atoms with Crippen LogP contribution in [-0.4, -0.2) is 31.0 Å². The molecular formula is C17H24N2O3. The molecule has 1 aromatic rings. The molecule has 5 heteroatoms. The maximum atomic E-state index is 12.0. The van der Waals surface area contributed by atoms with E-state index in [-0.39, 0.29) is 23.8 Å². The van der Waals surface area contributed by atoms with Gasteiger partial charge in [-0.05, 0) is 38.8 Å². The summed E-state index contributed by atoms with van der Waals surface area (Å²) in [5.74, 6) is 0.888. The van der Waals surface area contributed by atoms with Crippen molar-refractivity contribution in [1.29, 1.82) is 0 Å². The molecule has 0 atom stereocenters. The highest BCUT2D eigenvalue weighted by molar-refractivity contribution is 5.93. The minimum atomic E-state index is -0.0690. The SMILES string of the molecule is CC(=O)N(CCNC(=O)C1CC1)c1ccccc1OC(C)C. The zero-order valence-electron chi connectivity index (χ0n) is 13.5. The van der Waals surface area contributed by atoms with E-state index in [9.17, 15) is 9.59 Å². The Morgan fingerprint density at radius 1 is 1.32 bits per heavy atom. The van der Waals surface area contributed by atoms with Gasteiger partial charge in [-0.15, -0.1) is 0 Å². The summed E-state index contributed by atoms with van der Waals surface area (Å²) < 4.78 is 5.77. The van der Waals surface area contributed by atoms with Gasteiger partial charge < -0.3 is 15.0 Å². The van der Waals surface area contributed by atoms with Crippen molar-refractivity contribution in [3.63, 3.8) is 0 Å². The summed E-state index contributed by atoms with van der Waals surface area (Å²) in [5.41, 5.74) is 0.740. The van der Waals surface area contributed by atoms with Crippen LogP contribution in [-0.2, 0) is 9.59 Å². The standard InChI is InChI=1S/C17H24N2O3/c1-12(2)22-16-7-5-4-6-15(16)19(13(3)20)11-10-18-17(21)14-8-9-14/h4-7,12,14H,8-11H2,1-3H3,(H,18,21). The van der Waals surface area contributed by atoms with E-state index in [0.717, 1.165) is 18.5 Å². The lowest BCUT2D eigenvalue weighted by Gasteiger charge is -2.24. The van der Waals surface area contributed by atoms with Gasteiger partial charge in [-0.1, -0.05) is 12.1 Å². The number of benzene rings is 1. The average molecular weight is 304 g/mol. The molecule has 0 aromatic heterocycles. The molecule has 1 aromatic carbocycles. The lowest BCUT2D eigenvalue weighted by atomic mass is 10.2. The lowest BCUT2D eigenvalue weighted by Crippen LogP contribution is -2.38. The number of para-hydroxylation sites is 2. The van der Waals surface area contributed by atoms with E-state index >= 15 is 0 Å². The van der Waals surface area contributed by atoms with E-state index < -0.39 is 0 Å². The van der Waals surface area contributed by atoms with E-state index in [1.165, 1.54) is 6.92 Å². The van der Waals surface area contributed by atoms with E-state index in [4.69, 9.17) is 4.74 Å². The maximum absolute atomic E-state index is 12.0. The fourth-order valence-electron chi connectivity index (χ4n) is 2.26. The van der Waals surface area contributed by atoms with Gasteiger partial charge in [-0.3, -0.25) is 9.59 Å². The van der Waals surface area contributed by atoms with Crippen molar-refractivity contribution in [1.82, 2.24) is 5.32 Å². The largest absolute Gasteiger partial charge is 0.489 e. The summed E-state index contributed by atoms with van der Waals surface area (Å²) >= 11 is 0. The zero-order valence-corrected chi connectivity index (χ0v) is 13.5. The molecule has 5 nitrogen and oxygen atoms in total. The normalized spacial score (nSPS) is 13.8. The second-order valence-electron chi connectivity index (χ2n) is 5.87. The number of hydrogen-bond acceptors (Lipinski definition) is 3. The smallest absolute Gasteiger partial charge is 0.224 e. The molecule has 2 amide bonds. The molecule has 1 saturated carbocycles. The summed E-state index contributed by atoms with van der Waals surface area (Å²) in [7, 11) is 0. The molecule has 22 heavy (non-hydrogen) atoms. The number of nitrogens with zero attached hydrogens (tertiary/aromatic N) is 1. The summed E-state index contributed by atoms with van der Waals surface area (Å²) in [6.07, 6.45) is 1.99. The number of hydrogen-bond donors (Lipinski definition) is 1. The predicted molar refractivity (Wildman–Crippen MR) is 86.0 cm³/mol. The van der Waals surface area contributed by atoms with E-state index in [1.54, 1.807) is 4.90 Å². The van der Waals surface area contributed by atoms with Crippen molar-refractivity contribution in [2.75, 3.05) is 18.0 Å². The van der Waals surface area contributed by atoms with Crippen LogP contribution in [0.5, 0.6) is 5.75 Å². The molecule has 2 rings (SSSR count). The summed E-state index contributed by atoms with van der Waals surface area (Å²) in [6.45, 7) is 6.31. The molecular weight excluding hydrogens is 280 g/mol. The van der Waals surface area contributed by atoms with Gasteiger partial charge in [0.05, 0.1) is 11.8 Å². The molecule has 0 unspecified atom stereocenters. The first-order chi connectivity index (χ1) is 10.5. The van der Waals surface area contributed by atoms with Crippen LogP contribution in [0, 0.1) is 5.92 Å². The van der Waals surface area contributed by atoms with Gasteiger partial charge in [0.2, 0.25) is 11.8 Å². The number of ether oxygens (including phenoxy) is 1. The predicted octanol–water partition coefficient (Wildman–Crippen LogP) is 2.35. The van der Waals surface area contributed by atoms with Crippen molar-refractivity contribution in [2.45, 2.75) is 39.7 Å². The van der Waals surface area contributed by atoms with Gasteiger partial charge in [0.1, 0.15) is 5.75 Å². The van der Waals surface area contributed by atoms with Gasteiger partial charge in [0.15, 0.2) is 0 Å². The molecule has 0 spiro atoms. The number of carbonyl (C=O) groups excluding carboxylic acids is 2. The fraction of sp³-hybridized carbons (Fsp3) is 0.529. The first kappa shape index (κ1) is 16.3. The van der Waals surface area contributed by atoms with Crippen LogP contribution in [0.25, 0.3) is 0 Å². The molecule has 1 fully saturated rings. The van der Waals surface area contributed by atoms with Crippen LogP contribution in [0.3, 0.4) is 0 Å². The first-order valence-electron chi connectivity index (χ1n) is 7.80. The van der Waals surface area contributed by atoms with Crippen LogP contribution >= 0.6 is 0 Å². The molecule has 1 aliphatic rings. The van der Waals surface area contributed by atoms with Gasteiger partial charge in [-0.25, -0.2) is 0 Å². The van der Waals surface area contributed by atoms with Crippen LogP contribution in [0.2, 0.25) is 0 Å². The van der Waals surface area contributed by atoms with Gasteiger partial charge in [0.25, 0.3) is 0 Å². The Hall–Kier alpha value is -2.04. The Morgan fingerprint density at radius 3 is 2.59 bits per heavy atom. The number of carbonyl (C=O) groups is 2. The second kappa shape index (κ2) is 7.29. The van der Waals surface area contributed by atoms with E-state index in [0.29, 0.717) is 18.8 Å². The molecule has 0 heterocycles. The summed E-state index contributed by atoms with van der Waals surface area (Å²) in [5, 5.41) is 2.89. The van der Waals surface area contributed by atoms with Gasteiger partial charge in [0, 0.05) is 25.9 Å². The maximum Gasteiger partial charge on any atom is 0.224 e. The van der Waals surface area contributed by atoms with Crippen molar-refractivity contribution in [3.8, 4) is 5.75 Å². The zero-order chi connectivity index (χ0) is 16.1. The fourth-order valence-corrected chi connectivity index (χ4v) is 2.26. The molecule has 0 saturated heterocycles. The van der Waals surface area contributed by atoms with Crippen molar-refractivity contribution >= 4 is 17.5 Å². The van der Waals surface area contributed by atoms with E-state index in [1.807, 2.05) is 38.1 Å². The highest BCUT2D eigenvalue weighted by atomic mass is 16.5. The molecule has 1 aliphatic carbocycles. The highest BCUT2D eigenvalue weighted by Gasteiger charge is 2.29. The van der Waals surface area contributed by atoms with Crippen molar-refractivity contribution < 1.29 is 14.3 Å². The van der Waals surface area contributed by atoms with Crippen molar-refractivity contribution in [3.05, 3.63) is 24.3 Å². The Bertz CT molecular complexity index is 538. The first-order valence-corrected chi connectivity index (χ1v) is 7.80. The number of rotatable bonds is 7. The Morgan fingerprint density at radius 2 is 2.00 bits per heavy atom. The second-order valence-corrected chi connectivity index (χ2v) is 5.87. The average Bonchev–Trinajstić information content (AvgIpc) is 3.28. The monoisotopic (exact) mass is 304 g/mol. The highest BCUT2D eigenvalue weighted by Crippen LogP contribution is 2.30. The molecule has 0 radical (unpaired) electrons. The molecule has 1 N–H and O–H groups in total. The summed E-state index contributed by atoms with van der Waals surface area (Å²) in [4.78, 5) is 25.3. The van der Waals surface area contributed by atoms with Gasteiger partial charge >= 0.3 is 0 Å². The molecule has 120 valence electrons. The van der Waals surface area contributed by atoms with Crippen LogP contribution in [0.15, 0.2) is 24.3 Å². The number of anilines is 1. The van der Waals surface area contributed by atoms with E-state index in [2.05, 4.69) is 5.32 Å². The quantitative estimate of drug-likeness (QED) is 0.841. The van der Waals surface area contributed by atoms with Crippen LogP contribution in [0.4, 0.5) is 5.69 Å². The van der Waals surface area contributed by atoms with Gasteiger partial charge in [-0.2, -0.15) is 0 Å². The Labute approximate surface area is 131 Å². The third-order valence-electron chi connectivity index (χ3n) is 3.48. The third kappa shape index (κ3) is 4.48. The Balaban J connectivity index is 2.03. The minimum Gasteiger partial charge on any atom is -0.489 e. The summed E-state index contributed by atoms with van der Waals surface area (Å²) in [6, 6.07) is 7.48. The molecule has 0 bridgehead atoms. The Kier molecular flexibility index (Phi) is 5.41. The minimum absolute atomic E-state index is 0.0320. The third-order valence-corrected chi connectivity index (χ3v) is 3.48. The van der Waals surface area contributed by atoms with Crippen molar-refractivity contribution in [2.24, 2.45) is 5.92 Å². The van der Waals surface area contributed by atoms with Crippen LogP contribution in [0.1, 0.15) is 33.6 Å². The molecule has 0 aliphatic heterocycles. The number of amides is 2. The lowest BCUT2D eigenvalue weighted by molar-refractivity contribution is -0.122. The topological polar surface area (TPSA) is 58.6 Å². The number of nitrogens with one attached hydrogen (secondary N) is 1. The van der Waals surface area contributed by atoms with Crippen LogP contribution < -0.4 is 15.0 Å².